The lowest BCUT2D eigenvalue weighted by atomic mass is 9.85. The van der Waals surface area contributed by atoms with E-state index in [4.69, 9.17) is 21.1 Å². The van der Waals surface area contributed by atoms with E-state index in [1.807, 2.05) is 13.0 Å². The van der Waals surface area contributed by atoms with Gasteiger partial charge in [0.05, 0.1) is 25.5 Å². The minimum Gasteiger partial charge on any atom is -0.493 e. The molecule has 1 saturated heterocycles. The Morgan fingerprint density at radius 3 is 2.97 bits per heavy atom. The topological polar surface area (TPSA) is 76.6 Å². The van der Waals surface area contributed by atoms with E-state index in [0.717, 1.165) is 5.56 Å². The monoisotopic (exact) mass is 468 g/mol. The summed E-state index contributed by atoms with van der Waals surface area (Å²) in [7, 11) is 0. The highest BCUT2D eigenvalue weighted by molar-refractivity contribution is 6.31. The van der Waals surface area contributed by atoms with Crippen molar-refractivity contribution >= 4 is 23.3 Å². The Labute approximate surface area is 195 Å². The third-order valence-electron chi connectivity index (χ3n) is 6.15. The van der Waals surface area contributed by atoms with E-state index in [0.29, 0.717) is 47.7 Å². The Balaban J connectivity index is 1.42. The molecular formula is C24H22ClFN4O3. The average Bonchev–Trinajstić information content (AvgIpc) is 3.20. The third kappa shape index (κ3) is 4.30. The van der Waals surface area contributed by atoms with Gasteiger partial charge in [-0.25, -0.2) is 14.2 Å². The van der Waals surface area contributed by atoms with E-state index < -0.39 is 0 Å². The predicted octanol–water partition coefficient (Wildman–Crippen LogP) is 4.87. The molecule has 0 unspecified atom stereocenters. The van der Waals surface area contributed by atoms with Crippen LogP contribution in [0.4, 0.5) is 14.9 Å². The van der Waals surface area contributed by atoms with Crippen molar-refractivity contribution < 1.29 is 18.7 Å². The van der Waals surface area contributed by atoms with Gasteiger partial charge in [0.1, 0.15) is 11.6 Å². The number of hydrogen-bond donors (Lipinski definition) is 1. The zero-order valence-corrected chi connectivity index (χ0v) is 18.6. The number of fused-ring (bicyclic) bond motifs is 3. The summed E-state index contributed by atoms with van der Waals surface area (Å²) in [6.07, 6.45) is 4.68. The highest BCUT2D eigenvalue weighted by Gasteiger charge is 2.48. The Hall–Kier alpha value is -3.39. The molecule has 1 fully saturated rings. The first-order chi connectivity index (χ1) is 16.0. The summed E-state index contributed by atoms with van der Waals surface area (Å²) in [5.74, 6) is 0.538. The van der Waals surface area contributed by atoms with Gasteiger partial charge in [-0.05, 0) is 48.9 Å². The van der Waals surface area contributed by atoms with Crippen molar-refractivity contribution in [1.82, 2.24) is 14.9 Å². The number of nitrogens with one attached hydrogen (secondary N) is 1. The molecule has 0 aliphatic carbocycles. The van der Waals surface area contributed by atoms with Crippen molar-refractivity contribution in [2.45, 2.75) is 13.0 Å². The van der Waals surface area contributed by atoms with Crippen LogP contribution in [0.25, 0.3) is 0 Å². The molecule has 0 bridgehead atoms. The average molecular weight is 469 g/mol. The summed E-state index contributed by atoms with van der Waals surface area (Å²) >= 11 is 6.11. The molecule has 0 radical (unpaired) electrons. The normalized spacial score (nSPS) is 21.1. The Bertz CT molecular complexity index is 1180. The summed E-state index contributed by atoms with van der Waals surface area (Å²) in [5.41, 5.74) is 2.17. The van der Waals surface area contributed by atoms with E-state index in [2.05, 4.69) is 15.3 Å². The lowest BCUT2D eigenvalue weighted by Gasteiger charge is -2.34. The van der Waals surface area contributed by atoms with E-state index >= 15 is 0 Å². The number of carbonyl (C=O) groups excluding carboxylic acids is 1. The van der Waals surface area contributed by atoms with Crippen LogP contribution in [0.15, 0.2) is 55.0 Å². The van der Waals surface area contributed by atoms with E-state index in [9.17, 15) is 9.18 Å². The van der Waals surface area contributed by atoms with Crippen molar-refractivity contribution in [2.75, 3.05) is 25.1 Å². The minimum atomic E-state index is -0.369. The quantitative estimate of drug-likeness (QED) is 0.591. The molecule has 1 N–H and O–H groups in total. The van der Waals surface area contributed by atoms with Gasteiger partial charge in [0, 0.05) is 47.0 Å². The van der Waals surface area contributed by atoms with Crippen molar-refractivity contribution in [3.63, 3.8) is 0 Å². The number of aromatic nitrogens is 2. The van der Waals surface area contributed by atoms with Gasteiger partial charge < -0.3 is 19.7 Å². The molecule has 33 heavy (non-hydrogen) atoms. The number of ether oxygens (including phenoxy) is 2. The van der Waals surface area contributed by atoms with Crippen LogP contribution in [0.1, 0.15) is 17.2 Å². The summed E-state index contributed by atoms with van der Waals surface area (Å²) in [6.45, 7) is 3.04. The number of halogens is 2. The fraction of sp³-hybridized carbons (Fsp3) is 0.292. The van der Waals surface area contributed by atoms with Crippen molar-refractivity contribution in [2.24, 2.45) is 11.8 Å². The number of likely N-dealkylation sites (tertiary alicyclic amines) is 1. The number of urea groups is 1. The summed E-state index contributed by atoms with van der Waals surface area (Å²) in [4.78, 5) is 23.3. The second-order valence-electron chi connectivity index (χ2n) is 8.26. The first kappa shape index (κ1) is 21.5. The lowest BCUT2D eigenvalue weighted by Crippen LogP contribution is -2.38. The molecule has 1 aromatic heterocycles. The molecule has 7 nitrogen and oxygen atoms in total. The molecule has 5 rings (SSSR count). The van der Waals surface area contributed by atoms with Gasteiger partial charge in [-0.1, -0.05) is 11.6 Å². The number of nitrogens with zero attached hydrogens (tertiary/aromatic N) is 3. The fourth-order valence-electron chi connectivity index (χ4n) is 4.54. The second-order valence-corrected chi connectivity index (χ2v) is 8.67. The number of rotatable bonds is 4. The van der Waals surface area contributed by atoms with Gasteiger partial charge in [-0.15, -0.1) is 0 Å². The summed E-state index contributed by atoms with van der Waals surface area (Å²) < 4.78 is 25.9. The molecule has 2 amide bonds. The van der Waals surface area contributed by atoms with Gasteiger partial charge in [-0.2, -0.15) is 0 Å². The Morgan fingerprint density at radius 1 is 1.30 bits per heavy atom. The Kier molecular flexibility index (Phi) is 5.76. The zero-order chi connectivity index (χ0) is 22.9. The standard InChI is InChI=1S/C24H22ClFN4O3/c1-14-8-17(3-4-20(14)25)29-24(31)30-11-15(12-33-22-10-27-6-7-28-22)19-13-32-21-5-2-16(26)9-18(21)23(19)30/h2-10,15,19,23H,11-13H2,1H3,(H,29,31)/t15-,19-,23-/m0/s1. The molecule has 3 aromatic rings. The van der Waals surface area contributed by atoms with Crippen LogP contribution >= 0.6 is 11.6 Å². The molecule has 2 aromatic carbocycles. The third-order valence-corrected chi connectivity index (χ3v) is 6.58. The van der Waals surface area contributed by atoms with E-state index in [-0.39, 0.29) is 29.7 Å². The van der Waals surface area contributed by atoms with Gasteiger partial charge >= 0.3 is 6.03 Å². The van der Waals surface area contributed by atoms with Crippen molar-refractivity contribution in [3.05, 3.63) is 77.0 Å². The molecule has 9 heteroatoms. The maximum Gasteiger partial charge on any atom is 0.322 e. The maximum atomic E-state index is 14.1. The largest absolute Gasteiger partial charge is 0.493 e. The molecule has 0 saturated carbocycles. The SMILES string of the molecule is Cc1cc(NC(=O)N2C[C@@H](COc3cnccn3)[C@@H]3COc4ccc(F)cc4[C@@H]32)ccc1Cl. The van der Waals surface area contributed by atoms with Crippen LogP contribution in [0.3, 0.4) is 0 Å². The van der Waals surface area contributed by atoms with Gasteiger partial charge in [-0.3, -0.25) is 4.98 Å². The van der Waals surface area contributed by atoms with Crippen LogP contribution in [0.5, 0.6) is 11.6 Å². The van der Waals surface area contributed by atoms with Crippen LogP contribution < -0.4 is 14.8 Å². The zero-order valence-electron chi connectivity index (χ0n) is 17.9. The lowest BCUT2D eigenvalue weighted by molar-refractivity contribution is 0.128. The van der Waals surface area contributed by atoms with E-state index in [1.54, 1.807) is 41.7 Å². The van der Waals surface area contributed by atoms with Gasteiger partial charge in [0.2, 0.25) is 5.88 Å². The molecule has 3 atom stereocenters. The fourth-order valence-corrected chi connectivity index (χ4v) is 4.66. The van der Waals surface area contributed by atoms with Crippen LogP contribution in [0, 0.1) is 24.6 Å². The number of aryl methyl sites for hydroxylation is 1. The molecule has 170 valence electrons. The molecular weight excluding hydrogens is 447 g/mol. The molecule has 0 spiro atoms. The highest BCUT2D eigenvalue weighted by Crippen LogP contribution is 2.47. The van der Waals surface area contributed by atoms with Crippen molar-refractivity contribution in [1.29, 1.82) is 0 Å². The number of carbonyl (C=O) groups is 1. The van der Waals surface area contributed by atoms with Gasteiger partial charge in [0.25, 0.3) is 0 Å². The number of benzene rings is 2. The second kappa shape index (κ2) is 8.86. The van der Waals surface area contributed by atoms with Crippen LogP contribution in [0.2, 0.25) is 5.02 Å². The predicted molar refractivity (Wildman–Crippen MR) is 121 cm³/mol. The Morgan fingerprint density at radius 2 is 2.18 bits per heavy atom. The number of amides is 2. The smallest absolute Gasteiger partial charge is 0.322 e. The number of hydrogen-bond acceptors (Lipinski definition) is 5. The van der Waals surface area contributed by atoms with E-state index in [1.165, 1.54) is 12.1 Å². The van der Waals surface area contributed by atoms with Crippen LogP contribution in [-0.2, 0) is 0 Å². The van der Waals surface area contributed by atoms with Crippen molar-refractivity contribution in [3.8, 4) is 11.6 Å². The summed E-state index contributed by atoms with van der Waals surface area (Å²) in [5, 5.41) is 3.58. The molecule has 3 heterocycles. The minimum absolute atomic E-state index is 0.0360. The highest BCUT2D eigenvalue weighted by atomic mass is 35.5. The first-order valence-electron chi connectivity index (χ1n) is 10.6. The first-order valence-corrected chi connectivity index (χ1v) is 11.0. The molecule has 2 aliphatic heterocycles. The van der Waals surface area contributed by atoms with Crippen LogP contribution in [-0.4, -0.2) is 40.7 Å². The van der Waals surface area contributed by atoms with Gasteiger partial charge in [0.15, 0.2) is 0 Å². The number of anilines is 1. The maximum absolute atomic E-state index is 14.1. The summed E-state index contributed by atoms with van der Waals surface area (Å²) in [6, 6.07) is 9.14. The molecule has 2 aliphatic rings.